The molecule has 38 heavy (non-hydrogen) atoms. The number of hydrogen-bond acceptors (Lipinski definition) is 5. The molecule has 3 aromatic rings. The predicted molar refractivity (Wildman–Crippen MR) is 156 cm³/mol. The summed E-state index contributed by atoms with van der Waals surface area (Å²) in [4.78, 5) is 41.6. The van der Waals surface area contributed by atoms with E-state index in [2.05, 4.69) is 37.9 Å². The molecule has 3 aromatic carbocycles. The van der Waals surface area contributed by atoms with Gasteiger partial charge in [-0.2, -0.15) is 0 Å². The summed E-state index contributed by atoms with van der Waals surface area (Å²) in [5, 5.41) is 0.167. The van der Waals surface area contributed by atoms with Crippen molar-refractivity contribution in [1.29, 1.82) is 0 Å². The third kappa shape index (κ3) is 5.86. The van der Waals surface area contributed by atoms with Crippen LogP contribution in [0.1, 0.15) is 22.3 Å². The first kappa shape index (κ1) is 27.0. The minimum Gasteiger partial charge on any atom is -0.486 e. The maximum absolute atomic E-state index is 13.0. The van der Waals surface area contributed by atoms with Gasteiger partial charge in [-0.3, -0.25) is 19.3 Å². The number of amides is 3. The van der Waals surface area contributed by atoms with Gasteiger partial charge in [0.25, 0.3) is 11.1 Å². The molecule has 1 fully saturated rings. The molecule has 0 unspecified atom stereocenters. The molecule has 2 aliphatic heterocycles. The number of imide groups is 1. The van der Waals surface area contributed by atoms with Crippen LogP contribution in [-0.4, -0.2) is 39.9 Å². The number of carbonyl (C=O) groups excluding carboxylic acids is 3. The Kier molecular flexibility index (Phi) is 8.28. The van der Waals surface area contributed by atoms with Crippen molar-refractivity contribution < 1.29 is 19.1 Å². The van der Waals surface area contributed by atoms with Gasteiger partial charge in [0.05, 0.1) is 13.9 Å². The van der Waals surface area contributed by atoms with Crippen molar-refractivity contribution >= 4 is 78.4 Å². The lowest BCUT2D eigenvalue weighted by Gasteiger charge is -2.29. The van der Waals surface area contributed by atoms with E-state index in [1.165, 1.54) is 5.56 Å². The zero-order valence-corrected chi connectivity index (χ0v) is 24.7. The summed E-state index contributed by atoms with van der Waals surface area (Å²) in [6, 6.07) is 19.1. The first-order valence-electron chi connectivity index (χ1n) is 11.8. The molecule has 0 radical (unpaired) electrons. The Morgan fingerprint density at radius 3 is 2.45 bits per heavy atom. The summed E-state index contributed by atoms with van der Waals surface area (Å²) in [6.45, 7) is 1.06. The smallest absolute Gasteiger partial charge is 0.294 e. The maximum Gasteiger partial charge on any atom is 0.294 e. The summed E-state index contributed by atoms with van der Waals surface area (Å²) in [5.41, 5.74) is 3.87. The van der Waals surface area contributed by atoms with Crippen molar-refractivity contribution in [3.05, 3.63) is 102 Å². The van der Waals surface area contributed by atoms with Gasteiger partial charge in [-0.1, -0.05) is 54.1 Å². The standard InChI is InChI=1S/C28H21Br2ClN2O4S/c29-21-11-17(12-22(30)26(21)37-16-20-7-3-4-8-23(20)31)13-24-27(35)33(28(36)38-24)15-25(34)32-10-9-18-5-1-2-6-19(18)14-32/h1-8,11-13H,9-10,14-16H2/b24-13+. The molecule has 2 heterocycles. The highest BCUT2D eigenvalue weighted by Gasteiger charge is 2.37. The Bertz CT molecular complexity index is 1460. The number of fused-ring (bicyclic) bond motifs is 1. The van der Waals surface area contributed by atoms with Gasteiger partial charge < -0.3 is 9.64 Å². The van der Waals surface area contributed by atoms with Crippen LogP contribution in [-0.2, 0) is 29.2 Å². The van der Waals surface area contributed by atoms with Crippen molar-refractivity contribution in [1.82, 2.24) is 9.80 Å². The Labute approximate surface area is 246 Å². The molecule has 0 aliphatic carbocycles. The second-order valence-electron chi connectivity index (χ2n) is 8.80. The van der Waals surface area contributed by atoms with E-state index in [4.69, 9.17) is 16.3 Å². The van der Waals surface area contributed by atoms with Gasteiger partial charge in [0, 0.05) is 23.7 Å². The highest BCUT2D eigenvalue weighted by molar-refractivity contribution is 9.11. The van der Waals surface area contributed by atoms with Crippen LogP contribution in [0.5, 0.6) is 5.75 Å². The zero-order valence-electron chi connectivity index (χ0n) is 20.0. The number of rotatable bonds is 6. The lowest BCUT2D eigenvalue weighted by atomic mass is 10.00. The summed E-state index contributed by atoms with van der Waals surface area (Å²) < 4.78 is 7.31. The first-order chi connectivity index (χ1) is 18.3. The van der Waals surface area contributed by atoms with Gasteiger partial charge in [-0.15, -0.1) is 0 Å². The molecular weight excluding hydrogens is 656 g/mol. The molecule has 0 bridgehead atoms. The first-order valence-corrected chi connectivity index (χ1v) is 14.5. The largest absolute Gasteiger partial charge is 0.486 e. The topological polar surface area (TPSA) is 66.9 Å². The van der Waals surface area contributed by atoms with E-state index in [-0.39, 0.29) is 24.0 Å². The summed E-state index contributed by atoms with van der Waals surface area (Å²) in [5.74, 6) is -0.130. The van der Waals surface area contributed by atoms with Gasteiger partial charge in [0.2, 0.25) is 5.91 Å². The van der Waals surface area contributed by atoms with Crippen LogP contribution in [0.3, 0.4) is 0 Å². The van der Waals surface area contributed by atoms with Gasteiger partial charge in [-0.25, -0.2) is 0 Å². The Morgan fingerprint density at radius 1 is 1.03 bits per heavy atom. The molecule has 0 saturated carbocycles. The number of thioether (sulfide) groups is 1. The summed E-state index contributed by atoms with van der Waals surface area (Å²) >= 11 is 14.1. The van der Waals surface area contributed by atoms with Crippen LogP contribution >= 0.6 is 55.2 Å². The van der Waals surface area contributed by atoms with E-state index < -0.39 is 11.1 Å². The molecule has 10 heteroatoms. The van der Waals surface area contributed by atoms with Crippen LogP contribution < -0.4 is 4.74 Å². The third-order valence-corrected chi connectivity index (χ3v) is 8.75. The minimum atomic E-state index is -0.475. The lowest BCUT2D eigenvalue weighted by Crippen LogP contribution is -2.44. The van der Waals surface area contributed by atoms with Crippen molar-refractivity contribution in [3.63, 3.8) is 0 Å². The van der Waals surface area contributed by atoms with Gasteiger partial charge >= 0.3 is 0 Å². The molecule has 6 nitrogen and oxygen atoms in total. The Balaban J connectivity index is 1.26. The number of benzene rings is 3. The fourth-order valence-corrected chi connectivity index (χ4v) is 6.78. The Morgan fingerprint density at radius 2 is 1.71 bits per heavy atom. The molecule has 0 atom stereocenters. The van der Waals surface area contributed by atoms with E-state index in [1.54, 1.807) is 29.2 Å². The van der Waals surface area contributed by atoms with Crippen LogP contribution in [0.2, 0.25) is 5.02 Å². The van der Waals surface area contributed by atoms with Crippen molar-refractivity contribution in [2.45, 2.75) is 19.6 Å². The summed E-state index contributed by atoms with van der Waals surface area (Å²) in [6.07, 6.45) is 2.39. The Hall–Kier alpha value is -2.59. The fourth-order valence-electron chi connectivity index (χ4n) is 4.30. The molecular formula is C28H21Br2ClN2O4S. The van der Waals surface area contributed by atoms with E-state index in [0.717, 1.165) is 34.2 Å². The monoisotopic (exact) mass is 674 g/mol. The quantitative estimate of drug-likeness (QED) is 0.262. The minimum absolute atomic E-state index is 0.242. The average Bonchev–Trinajstić information content (AvgIpc) is 3.16. The number of hydrogen-bond donors (Lipinski definition) is 0. The van der Waals surface area contributed by atoms with Gasteiger partial charge in [0.15, 0.2) is 0 Å². The van der Waals surface area contributed by atoms with E-state index in [0.29, 0.717) is 38.4 Å². The maximum atomic E-state index is 13.0. The van der Waals surface area contributed by atoms with Crippen LogP contribution in [0.4, 0.5) is 4.79 Å². The molecule has 0 aromatic heterocycles. The fraction of sp³-hybridized carbons (Fsp3) is 0.179. The zero-order chi connectivity index (χ0) is 26.8. The number of nitrogens with zero attached hydrogens (tertiary/aromatic N) is 2. The molecule has 3 amide bonds. The van der Waals surface area contributed by atoms with E-state index >= 15 is 0 Å². The molecule has 1 saturated heterocycles. The molecule has 5 rings (SSSR count). The van der Waals surface area contributed by atoms with Crippen molar-refractivity contribution in [2.24, 2.45) is 0 Å². The van der Waals surface area contributed by atoms with E-state index in [1.807, 2.05) is 36.4 Å². The van der Waals surface area contributed by atoms with Gasteiger partial charge in [-0.05, 0) is 91.0 Å². The molecule has 194 valence electrons. The highest BCUT2D eigenvalue weighted by atomic mass is 79.9. The lowest BCUT2D eigenvalue weighted by molar-refractivity contribution is -0.136. The summed E-state index contributed by atoms with van der Waals surface area (Å²) in [7, 11) is 0. The second-order valence-corrected chi connectivity index (χ2v) is 11.9. The third-order valence-electron chi connectivity index (χ3n) is 6.30. The average molecular weight is 677 g/mol. The number of halogens is 3. The molecule has 0 spiro atoms. The second kappa shape index (κ2) is 11.7. The predicted octanol–water partition coefficient (Wildman–Crippen LogP) is 7.07. The van der Waals surface area contributed by atoms with Crippen LogP contribution in [0, 0.1) is 0 Å². The van der Waals surface area contributed by atoms with E-state index in [9.17, 15) is 14.4 Å². The van der Waals surface area contributed by atoms with Crippen LogP contribution in [0.25, 0.3) is 6.08 Å². The van der Waals surface area contributed by atoms with Crippen molar-refractivity contribution in [2.75, 3.05) is 13.1 Å². The normalized spacial score (nSPS) is 16.2. The highest BCUT2D eigenvalue weighted by Crippen LogP contribution is 2.38. The molecule has 0 N–H and O–H groups in total. The van der Waals surface area contributed by atoms with Crippen LogP contribution in [0.15, 0.2) is 74.5 Å². The molecule has 2 aliphatic rings. The van der Waals surface area contributed by atoms with Gasteiger partial charge in [0.1, 0.15) is 18.9 Å². The SMILES string of the molecule is O=C(CN1C(=O)S/C(=C/c2cc(Br)c(OCc3ccccc3Cl)c(Br)c2)C1=O)N1CCc2ccccc2C1. The van der Waals surface area contributed by atoms with Crippen molar-refractivity contribution in [3.8, 4) is 5.75 Å². The number of ether oxygens (including phenoxy) is 1. The number of carbonyl (C=O) groups is 3.